The van der Waals surface area contributed by atoms with E-state index in [0.717, 1.165) is 34.4 Å². The van der Waals surface area contributed by atoms with Crippen LogP contribution in [0, 0.1) is 0 Å². The second-order valence-electron chi connectivity index (χ2n) is 6.62. The van der Waals surface area contributed by atoms with Gasteiger partial charge >= 0.3 is 0 Å². The maximum Gasteiger partial charge on any atom is 0.238 e. The molecule has 1 saturated heterocycles. The summed E-state index contributed by atoms with van der Waals surface area (Å²) in [5, 5.41) is 3.25. The number of anilines is 2. The average molecular weight is 402 g/mol. The predicted molar refractivity (Wildman–Crippen MR) is 110 cm³/mol. The Morgan fingerprint density at radius 2 is 1.78 bits per heavy atom. The van der Waals surface area contributed by atoms with Gasteiger partial charge in [0.2, 0.25) is 11.8 Å². The zero-order chi connectivity index (χ0) is 18.8. The second kappa shape index (κ2) is 7.82. The van der Waals surface area contributed by atoms with E-state index in [4.69, 9.17) is 11.6 Å². The first-order valence-electron chi connectivity index (χ1n) is 8.95. The molecule has 140 valence electrons. The van der Waals surface area contributed by atoms with Crippen LogP contribution in [0.1, 0.15) is 6.42 Å². The fourth-order valence-corrected chi connectivity index (χ4v) is 4.78. The zero-order valence-electron chi connectivity index (χ0n) is 14.7. The second-order valence-corrected chi connectivity index (χ2v) is 8.27. The van der Waals surface area contributed by atoms with E-state index in [9.17, 15) is 9.59 Å². The van der Waals surface area contributed by atoms with Crippen LogP contribution < -0.4 is 10.2 Å². The van der Waals surface area contributed by atoms with Crippen LogP contribution in [0.25, 0.3) is 0 Å². The van der Waals surface area contributed by atoms with Crippen molar-refractivity contribution in [2.75, 3.05) is 36.4 Å². The molecule has 0 spiro atoms. The number of thioether (sulfide) groups is 1. The number of hydrogen-bond acceptors (Lipinski definition) is 4. The van der Waals surface area contributed by atoms with Gasteiger partial charge in [0, 0.05) is 37.5 Å². The summed E-state index contributed by atoms with van der Waals surface area (Å²) in [5.41, 5.74) is 1.83. The Labute approximate surface area is 167 Å². The molecule has 0 aromatic heterocycles. The number of hydrogen-bond donors (Lipinski definition) is 1. The molecule has 7 heteroatoms. The summed E-state index contributed by atoms with van der Waals surface area (Å²) in [7, 11) is 0. The molecule has 4 rings (SSSR count). The first-order valence-corrected chi connectivity index (χ1v) is 10.2. The summed E-state index contributed by atoms with van der Waals surface area (Å²) in [6.45, 7) is 2.75. The first-order chi connectivity index (χ1) is 13.1. The van der Waals surface area contributed by atoms with Crippen molar-refractivity contribution < 1.29 is 9.59 Å². The van der Waals surface area contributed by atoms with Crippen molar-refractivity contribution in [1.29, 1.82) is 0 Å². The van der Waals surface area contributed by atoms with E-state index in [1.165, 1.54) is 11.8 Å². The van der Waals surface area contributed by atoms with Gasteiger partial charge in [-0.05, 0) is 24.3 Å². The molecule has 2 heterocycles. The smallest absolute Gasteiger partial charge is 0.238 e. The maximum atomic E-state index is 12.7. The van der Waals surface area contributed by atoms with Crippen LogP contribution in [-0.4, -0.2) is 48.1 Å². The maximum absolute atomic E-state index is 12.7. The fourth-order valence-electron chi connectivity index (χ4n) is 3.42. The van der Waals surface area contributed by atoms with E-state index < -0.39 is 0 Å². The van der Waals surface area contributed by atoms with Crippen LogP contribution in [0.4, 0.5) is 11.4 Å². The van der Waals surface area contributed by atoms with Crippen LogP contribution >= 0.6 is 23.4 Å². The highest BCUT2D eigenvalue weighted by Crippen LogP contribution is 2.37. The quantitative estimate of drug-likeness (QED) is 0.855. The van der Waals surface area contributed by atoms with E-state index in [0.29, 0.717) is 13.1 Å². The minimum Gasteiger partial charge on any atom is -0.367 e. The Balaban J connectivity index is 1.35. The summed E-state index contributed by atoms with van der Waals surface area (Å²) < 4.78 is 0. The largest absolute Gasteiger partial charge is 0.367 e. The number of piperazine rings is 1. The minimum absolute atomic E-state index is 0.0286. The first kappa shape index (κ1) is 18.2. The highest BCUT2D eigenvalue weighted by molar-refractivity contribution is 8.01. The molecule has 0 bridgehead atoms. The molecule has 0 aliphatic carbocycles. The van der Waals surface area contributed by atoms with Crippen LogP contribution in [0.5, 0.6) is 0 Å². The molecule has 0 unspecified atom stereocenters. The molecule has 1 N–H and O–H groups in total. The van der Waals surface area contributed by atoms with Crippen molar-refractivity contribution in [2.24, 2.45) is 0 Å². The van der Waals surface area contributed by atoms with Crippen molar-refractivity contribution in [3.8, 4) is 0 Å². The lowest BCUT2D eigenvalue weighted by atomic mass is 10.2. The summed E-state index contributed by atoms with van der Waals surface area (Å²) >= 11 is 7.74. The van der Waals surface area contributed by atoms with Crippen molar-refractivity contribution in [2.45, 2.75) is 16.6 Å². The van der Waals surface area contributed by atoms with Gasteiger partial charge in [-0.15, -0.1) is 11.8 Å². The Bertz CT molecular complexity index is 868. The molecule has 2 aromatic carbocycles. The number of nitrogens with one attached hydrogen (secondary N) is 1. The number of para-hydroxylation sites is 2. The van der Waals surface area contributed by atoms with Gasteiger partial charge in [0.15, 0.2) is 0 Å². The Kier molecular flexibility index (Phi) is 5.27. The fraction of sp³-hybridized carbons (Fsp3) is 0.300. The summed E-state index contributed by atoms with van der Waals surface area (Å²) in [4.78, 5) is 30.1. The van der Waals surface area contributed by atoms with Crippen LogP contribution in [0.2, 0.25) is 5.02 Å². The number of amides is 2. The molecule has 5 nitrogen and oxygen atoms in total. The highest BCUT2D eigenvalue weighted by Gasteiger charge is 2.31. The number of halogens is 1. The standard InChI is InChI=1S/C20H20ClN3O2S/c21-14-5-1-3-7-16(14)23-9-11-24(12-10-23)19(25)13-18-20(26)22-15-6-2-4-8-17(15)27-18/h1-8,18H,9-13H2,(H,22,26)/t18-/m1/s1. The SMILES string of the molecule is O=C1Nc2ccccc2S[C@@H]1CC(=O)N1CCN(c2ccccc2Cl)CC1. The number of carbonyl (C=O) groups excluding carboxylic acids is 2. The number of rotatable bonds is 3. The molecule has 2 aromatic rings. The number of fused-ring (bicyclic) bond motifs is 1. The van der Waals surface area contributed by atoms with Gasteiger partial charge in [-0.25, -0.2) is 0 Å². The molecular formula is C20H20ClN3O2S. The van der Waals surface area contributed by atoms with Gasteiger partial charge in [0.1, 0.15) is 0 Å². The molecule has 1 atom stereocenters. The normalized spacial score (nSPS) is 19.4. The number of nitrogens with zero attached hydrogens (tertiary/aromatic N) is 2. The van der Waals surface area contributed by atoms with Crippen molar-refractivity contribution in [1.82, 2.24) is 4.90 Å². The third-order valence-corrected chi connectivity index (χ3v) is 6.49. The summed E-state index contributed by atoms with van der Waals surface area (Å²) in [6, 6.07) is 15.4. The lowest BCUT2D eigenvalue weighted by Gasteiger charge is -2.37. The molecule has 1 fully saturated rings. The van der Waals surface area contributed by atoms with Crippen LogP contribution in [-0.2, 0) is 9.59 Å². The van der Waals surface area contributed by atoms with Gasteiger partial charge in [0.25, 0.3) is 0 Å². The molecule has 2 aliphatic rings. The predicted octanol–water partition coefficient (Wildman–Crippen LogP) is 3.49. The lowest BCUT2D eigenvalue weighted by molar-refractivity contribution is -0.132. The Morgan fingerprint density at radius 1 is 1.07 bits per heavy atom. The van der Waals surface area contributed by atoms with E-state index in [1.807, 2.05) is 53.4 Å². The van der Waals surface area contributed by atoms with Gasteiger partial charge in [-0.3, -0.25) is 9.59 Å². The van der Waals surface area contributed by atoms with E-state index >= 15 is 0 Å². The Hall–Kier alpha value is -2.18. The topological polar surface area (TPSA) is 52.7 Å². The van der Waals surface area contributed by atoms with Crippen molar-refractivity contribution >= 4 is 46.6 Å². The van der Waals surface area contributed by atoms with E-state index in [2.05, 4.69) is 10.2 Å². The third-order valence-electron chi connectivity index (χ3n) is 4.89. The molecule has 2 aliphatic heterocycles. The number of benzene rings is 2. The van der Waals surface area contributed by atoms with E-state index in [-0.39, 0.29) is 23.5 Å². The monoisotopic (exact) mass is 401 g/mol. The van der Waals surface area contributed by atoms with Crippen LogP contribution in [0.3, 0.4) is 0 Å². The summed E-state index contributed by atoms with van der Waals surface area (Å²) in [6.07, 6.45) is 0.219. The number of carbonyl (C=O) groups is 2. The lowest BCUT2D eigenvalue weighted by Crippen LogP contribution is -2.49. The van der Waals surface area contributed by atoms with Gasteiger partial charge < -0.3 is 15.1 Å². The van der Waals surface area contributed by atoms with Crippen molar-refractivity contribution in [3.05, 3.63) is 53.6 Å². The summed E-state index contributed by atoms with van der Waals surface area (Å²) in [5.74, 6) is -0.0670. The van der Waals surface area contributed by atoms with E-state index in [1.54, 1.807) is 0 Å². The highest BCUT2D eigenvalue weighted by atomic mass is 35.5. The van der Waals surface area contributed by atoms with Crippen molar-refractivity contribution in [3.63, 3.8) is 0 Å². The van der Waals surface area contributed by atoms with Gasteiger partial charge in [0.05, 0.1) is 21.6 Å². The molecular weight excluding hydrogens is 382 g/mol. The van der Waals surface area contributed by atoms with Gasteiger partial charge in [-0.2, -0.15) is 0 Å². The zero-order valence-corrected chi connectivity index (χ0v) is 16.3. The van der Waals surface area contributed by atoms with Crippen LogP contribution in [0.15, 0.2) is 53.4 Å². The average Bonchev–Trinajstić information content (AvgIpc) is 2.69. The molecule has 2 amide bonds. The molecule has 27 heavy (non-hydrogen) atoms. The van der Waals surface area contributed by atoms with Gasteiger partial charge in [-0.1, -0.05) is 35.9 Å². The Morgan fingerprint density at radius 3 is 2.56 bits per heavy atom. The minimum atomic E-state index is -0.381. The molecule has 0 radical (unpaired) electrons. The third kappa shape index (κ3) is 3.92. The molecule has 0 saturated carbocycles.